The highest BCUT2D eigenvalue weighted by molar-refractivity contribution is 4.85. The van der Waals surface area contributed by atoms with E-state index in [0.717, 1.165) is 45.6 Å². The SMILES string of the molecule is NCC=CCN(CCCN)CCCN. The molecule has 4 heteroatoms. The molecule has 0 amide bonds. The fourth-order valence-corrected chi connectivity index (χ4v) is 1.24. The van der Waals surface area contributed by atoms with Crippen LogP contribution in [0.15, 0.2) is 12.2 Å². The van der Waals surface area contributed by atoms with Crippen LogP contribution in [0.5, 0.6) is 0 Å². The molecule has 0 aromatic carbocycles. The van der Waals surface area contributed by atoms with Gasteiger partial charge < -0.3 is 17.2 Å². The van der Waals surface area contributed by atoms with E-state index in [2.05, 4.69) is 11.0 Å². The molecule has 0 radical (unpaired) electrons. The average molecular weight is 200 g/mol. The second-order valence-corrected chi connectivity index (χ2v) is 3.29. The molecule has 0 saturated carbocycles. The maximum absolute atomic E-state index is 5.47. The molecule has 4 nitrogen and oxygen atoms in total. The predicted octanol–water partition coefficient (Wildman–Crippen LogP) is -0.499. The summed E-state index contributed by atoms with van der Waals surface area (Å²) in [6, 6.07) is 0. The van der Waals surface area contributed by atoms with Gasteiger partial charge in [0.05, 0.1) is 0 Å². The smallest absolute Gasteiger partial charge is 0.0163 e. The summed E-state index contributed by atoms with van der Waals surface area (Å²) in [5, 5.41) is 0. The first-order valence-electron chi connectivity index (χ1n) is 5.32. The molecule has 0 aliphatic carbocycles. The third-order valence-electron chi connectivity index (χ3n) is 2.02. The van der Waals surface area contributed by atoms with Gasteiger partial charge in [-0.3, -0.25) is 4.90 Å². The first-order valence-corrected chi connectivity index (χ1v) is 5.32. The van der Waals surface area contributed by atoms with Crippen molar-refractivity contribution in [3.8, 4) is 0 Å². The lowest BCUT2D eigenvalue weighted by atomic mass is 10.3. The summed E-state index contributed by atoms with van der Waals surface area (Å²) in [7, 11) is 0. The molecule has 0 spiro atoms. The summed E-state index contributed by atoms with van der Waals surface area (Å²) in [6.45, 7) is 5.16. The minimum Gasteiger partial charge on any atom is -0.330 e. The highest BCUT2D eigenvalue weighted by atomic mass is 15.1. The summed E-state index contributed by atoms with van der Waals surface area (Å²) in [5.41, 5.74) is 16.3. The lowest BCUT2D eigenvalue weighted by molar-refractivity contribution is 0.298. The number of nitrogens with two attached hydrogens (primary N) is 3. The molecule has 0 bridgehead atoms. The van der Waals surface area contributed by atoms with Crippen molar-refractivity contribution in [1.82, 2.24) is 4.90 Å². The summed E-state index contributed by atoms with van der Waals surface area (Å²) < 4.78 is 0. The Kier molecular flexibility index (Phi) is 10.3. The molecule has 0 atom stereocenters. The van der Waals surface area contributed by atoms with Crippen molar-refractivity contribution < 1.29 is 0 Å². The molecule has 0 saturated heterocycles. The van der Waals surface area contributed by atoms with Gasteiger partial charge in [-0.05, 0) is 39.0 Å². The van der Waals surface area contributed by atoms with Crippen LogP contribution in [-0.4, -0.2) is 44.2 Å². The minimum absolute atomic E-state index is 0.613. The van der Waals surface area contributed by atoms with E-state index in [0.29, 0.717) is 6.54 Å². The number of rotatable bonds is 9. The summed E-state index contributed by atoms with van der Waals surface area (Å²) in [4.78, 5) is 2.35. The summed E-state index contributed by atoms with van der Waals surface area (Å²) >= 11 is 0. The normalized spacial score (nSPS) is 11.7. The Morgan fingerprint density at radius 3 is 1.86 bits per heavy atom. The fourth-order valence-electron chi connectivity index (χ4n) is 1.24. The van der Waals surface area contributed by atoms with Gasteiger partial charge in [0, 0.05) is 13.1 Å². The third kappa shape index (κ3) is 8.19. The van der Waals surface area contributed by atoms with E-state index < -0.39 is 0 Å². The standard InChI is InChI=1S/C10H24N4/c11-5-1-2-8-14(9-3-6-12)10-4-7-13/h1-2H,3-13H2. The third-order valence-corrected chi connectivity index (χ3v) is 2.02. The van der Waals surface area contributed by atoms with E-state index in [1.807, 2.05) is 6.08 Å². The quantitative estimate of drug-likeness (QED) is 0.438. The van der Waals surface area contributed by atoms with Crippen molar-refractivity contribution in [2.75, 3.05) is 39.3 Å². The van der Waals surface area contributed by atoms with Crippen molar-refractivity contribution >= 4 is 0 Å². The van der Waals surface area contributed by atoms with Crippen molar-refractivity contribution in [1.29, 1.82) is 0 Å². The molecule has 6 N–H and O–H groups in total. The highest BCUT2D eigenvalue weighted by Gasteiger charge is 2.00. The van der Waals surface area contributed by atoms with Crippen molar-refractivity contribution in [3.63, 3.8) is 0 Å². The molecular weight excluding hydrogens is 176 g/mol. The van der Waals surface area contributed by atoms with Gasteiger partial charge >= 0.3 is 0 Å². The molecule has 0 aromatic heterocycles. The molecule has 0 rings (SSSR count). The van der Waals surface area contributed by atoms with Crippen LogP contribution in [-0.2, 0) is 0 Å². The number of nitrogens with zero attached hydrogens (tertiary/aromatic N) is 1. The van der Waals surface area contributed by atoms with Crippen molar-refractivity contribution in [2.45, 2.75) is 12.8 Å². The minimum atomic E-state index is 0.613. The van der Waals surface area contributed by atoms with Gasteiger partial charge in [0.15, 0.2) is 0 Å². The molecule has 84 valence electrons. The highest BCUT2D eigenvalue weighted by Crippen LogP contribution is 1.93. The Labute approximate surface area is 87.1 Å². The van der Waals surface area contributed by atoms with Crippen LogP contribution < -0.4 is 17.2 Å². The maximum Gasteiger partial charge on any atom is 0.0163 e. The Bertz CT molecular complexity index is 128. The zero-order chi connectivity index (χ0) is 10.6. The molecule has 0 aliphatic heterocycles. The number of hydrogen-bond acceptors (Lipinski definition) is 4. The van der Waals surface area contributed by atoms with Crippen LogP contribution in [0.1, 0.15) is 12.8 Å². The van der Waals surface area contributed by atoms with Crippen molar-refractivity contribution in [3.05, 3.63) is 12.2 Å². The monoisotopic (exact) mass is 200 g/mol. The summed E-state index contributed by atoms with van der Waals surface area (Å²) in [5.74, 6) is 0. The first kappa shape index (κ1) is 13.6. The van der Waals surface area contributed by atoms with E-state index in [1.165, 1.54) is 0 Å². The molecular formula is C10H24N4. The van der Waals surface area contributed by atoms with E-state index >= 15 is 0 Å². The molecule has 0 heterocycles. The van der Waals surface area contributed by atoms with E-state index in [-0.39, 0.29) is 0 Å². The molecule has 0 aliphatic rings. The fraction of sp³-hybridized carbons (Fsp3) is 0.800. The Balaban J connectivity index is 3.65. The largest absolute Gasteiger partial charge is 0.330 e. The predicted molar refractivity (Wildman–Crippen MR) is 62.0 cm³/mol. The molecule has 0 fully saturated rings. The van der Waals surface area contributed by atoms with Gasteiger partial charge in [-0.15, -0.1) is 0 Å². The van der Waals surface area contributed by atoms with Gasteiger partial charge in [0.25, 0.3) is 0 Å². The van der Waals surface area contributed by atoms with Crippen LogP contribution in [0, 0.1) is 0 Å². The van der Waals surface area contributed by atoms with E-state index in [4.69, 9.17) is 17.2 Å². The Hall–Kier alpha value is -0.420. The number of hydrogen-bond donors (Lipinski definition) is 3. The van der Waals surface area contributed by atoms with E-state index in [1.54, 1.807) is 0 Å². The second-order valence-electron chi connectivity index (χ2n) is 3.29. The zero-order valence-electron chi connectivity index (χ0n) is 8.99. The van der Waals surface area contributed by atoms with Gasteiger partial charge in [-0.2, -0.15) is 0 Å². The topological polar surface area (TPSA) is 81.3 Å². The Morgan fingerprint density at radius 2 is 1.43 bits per heavy atom. The maximum atomic E-state index is 5.47. The lowest BCUT2D eigenvalue weighted by Crippen LogP contribution is -2.29. The van der Waals surface area contributed by atoms with Crippen LogP contribution in [0.3, 0.4) is 0 Å². The van der Waals surface area contributed by atoms with Crippen LogP contribution in [0.4, 0.5) is 0 Å². The van der Waals surface area contributed by atoms with Gasteiger partial charge in [-0.25, -0.2) is 0 Å². The van der Waals surface area contributed by atoms with Crippen molar-refractivity contribution in [2.24, 2.45) is 17.2 Å². The molecule has 0 unspecified atom stereocenters. The van der Waals surface area contributed by atoms with Crippen LogP contribution in [0.25, 0.3) is 0 Å². The molecule has 14 heavy (non-hydrogen) atoms. The molecule has 0 aromatic rings. The van der Waals surface area contributed by atoms with E-state index in [9.17, 15) is 0 Å². The van der Waals surface area contributed by atoms with Crippen LogP contribution >= 0.6 is 0 Å². The van der Waals surface area contributed by atoms with Gasteiger partial charge in [-0.1, -0.05) is 12.2 Å². The Morgan fingerprint density at radius 1 is 0.857 bits per heavy atom. The summed E-state index contributed by atoms with van der Waals surface area (Å²) in [6.07, 6.45) is 6.17. The van der Waals surface area contributed by atoms with Gasteiger partial charge in [0.2, 0.25) is 0 Å². The first-order chi connectivity index (χ1) is 6.85. The second kappa shape index (κ2) is 10.7. The lowest BCUT2D eigenvalue weighted by Gasteiger charge is -2.19. The zero-order valence-corrected chi connectivity index (χ0v) is 8.99. The van der Waals surface area contributed by atoms with Gasteiger partial charge in [0.1, 0.15) is 0 Å². The average Bonchev–Trinajstić information content (AvgIpc) is 2.21. The van der Waals surface area contributed by atoms with Crippen LogP contribution in [0.2, 0.25) is 0 Å².